The highest BCUT2D eigenvalue weighted by atomic mass is 32.2. The van der Waals surface area contributed by atoms with E-state index >= 15 is 0 Å². The number of hydrogen-bond acceptors (Lipinski definition) is 5. The van der Waals surface area contributed by atoms with Gasteiger partial charge in [0.15, 0.2) is 0 Å². The summed E-state index contributed by atoms with van der Waals surface area (Å²) in [6.07, 6.45) is 2.58. The van der Waals surface area contributed by atoms with Crippen LogP contribution in [-0.4, -0.2) is 53.5 Å². The Hall–Kier alpha value is -0.750. The monoisotopic (exact) mass is 288 g/mol. The Balaban J connectivity index is 2.49. The third-order valence-electron chi connectivity index (χ3n) is 2.90. The van der Waals surface area contributed by atoms with Crippen molar-refractivity contribution in [2.24, 2.45) is 11.7 Å². The average Bonchev–Trinajstić information content (AvgIpc) is 2.75. The van der Waals surface area contributed by atoms with Crippen LogP contribution in [0.5, 0.6) is 0 Å². The lowest BCUT2D eigenvalue weighted by Crippen LogP contribution is -2.44. The molecule has 2 unspecified atom stereocenters. The van der Waals surface area contributed by atoms with Gasteiger partial charge in [0, 0.05) is 18.8 Å². The zero-order chi connectivity index (χ0) is 14.6. The molecule has 0 bridgehead atoms. The van der Waals surface area contributed by atoms with Gasteiger partial charge >= 0.3 is 5.97 Å². The third-order valence-corrected chi connectivity index (χ3v) is 3.60. The number of nitrogens with two attached hydrogens (primary N) is 1. The van der Waals surface area contributed by atoms with Crippen LogP contribution in [0.15, 0.2) is 0 Å². The van der Waals surface area contributed by atoms with E-state index < -0.39 is 11.6 Å². The molecule has 0 radical (unpaired) electrons. The van der Waals surface area contributed by atoms with Crippen LogP contribution in [0.4, 0.5) is 0 Å². The Kier molecular flexibility index (Phi) is 5.67. The van der Waals surface area contributed by atoms with E-state index in [0.29, 0.717) is 25.3 Å². The largest absolute Gasteiger partial charge is 0.460 e. The van der Waals surface area contributed by atoms with Crippen molar-refractivity contribution in [1.82, 2.24) is 4.90 Å². The standard InChI is InChI=1S/C13H24N2O3S/c1-13(2,3)18-12(17)9-5-6-15(7-9)11(16)10(14)8-19-4/h9-10H,5-8,14H2,1-4H3. The van der Waals surface area contributed by atoms with Gasteiger partial charge in [0.2, 0.25) is 5.91 Å². The van der Waals surface area contributed by atoms with Gasteiger partial charge in [-0.3, -0.25) is 9.59 Å². The van der Waals surface area contributed by atoms with Crippen molar-refractivity contribution in [2.75, 3.05) is 25.1 Å². The zero-order valence-corrected chi connectivity index (χ0v) is 13.0. The number of carbonyl (C=O) groups is 2. The first-order valence-electron chi connectivity index (χ1n) is 6.50. The second-order valence-corrected chi connectivity index (χ2v) is 6.78. The minimum absolute atomic E-state index is 0.0691. The molecule has 19 heavy (non-hydrogen) atoms. The fraction of sp³-hybridized carbons (Fsp3) is 0.846. The summed E-state index contributed by atoms with van der Waals surface area (Å²) in [6, 6.07) is -0.479. The second kappa shape index (κ2) is 6.61. The summed E-state index contributed by atoms with van der Waals surface area (Å²) in [5.74, 6) is 0.0956. The lowest BCUT2D eigenvalue weighted by molar-refractivity contribution is -0.159. The topological polar surface area (TPSA) is 72.6 Å². The number of rotatable bonds is 4. The quantitative estimate of drug-likeness (QED) is 0.777. The van der Waals surface area contributed by atoms with E-state index in [-0.39, 0.29) is 17.8 Å². The summed E-state index contributed by atoms with van der Waals surface area (Å²) in [5.41, 5.74) is 5.32. The molecule has 0 aliphatic carbocycles. The number of ether oxygens (including phenoxy) is 1. The van der Waals surface area contributed by atoms with Crippen molar-refractivity contribution in [3.05, 3.63) is 0 Å². The summed E-state index contributed by atoms with van der Waals surface area (Å²) in [4.78, 5) is 25.6. The maximum Gasteiger partial charge on any atom is 0.311 e. The minimum Gasteiger partial charge on any atom is -0.460 e. The molecule has 2 atom stereocenters. The van der Waals surface area contributed by atoms with Gasteiger partial charge in [-0.25, -0.2) is 0 Å². The van der Waals surface area contributed by atoms with Gasteiger partial charge < -0.3 is 15.4 Å². The average molecular weight is 288 g/mol. The lowest BCUT2D eigenvalue weighted by atomic mass is 10.1. The zero-order valence-electron chi connectivity index (χ0n) is 12.1. The van der Waals surface area contributed by atoms with Gasteiger partial charge in [-0.1, -0.05) is 0 Å². The lowest BCUT2D eigenvalue weighted by Gasteiger charge is -2.23. The molecule has 0 saturated carbocycles. The van der Waals surface area contributed by atoms with Crippen LogP contribution in [0, 0.1) is 5.92 Å². The molecule has 0 aromatic carbocycles. The number of hydrogen-bond donors (Lipinski definition) is 1. The summed E-state index contributed by atoms with van der Waals surface area (Å²) < 4.78 is 5.35. The molecule has 0 spiro atoms. The van der Waals surface area contributed by atoms with Gasteiger partial charge in [0.05, 0.1) is 12.0 Å². The maximum absolute atomic E-state index is 12.0. The predicted octanol–water partition coefficient (Wildman–Crippen LogP) is 0.867. The van der Waals surface area contributed by atoms with Gasteiger partial charge in [0.1, 0.15) is 5.60 Å². The molecule has 1 fully saturated rings. The first-order chi connectivity index (χ1) is 8.74. The Morgan fingerprint density at radius 1 is 1.47 bits per heavy atom. The van der Waals surface area contributed by atoms with Crippen molar-refractivity contribution in [2.45, 2.75) is 38.8 Å². The van der Waals surface area contributed by atoms with Crippen LogP contribution in [0.1, 0.15) is 27.2 Å². The first-order valence-corrected chi connectivity index (χ1v) is 7.90. The molecular formula is C13H24N2O3S. The van der Waals surface area contributed by atoms with Gasteiger partial charge in [-0.15, -0.1) is 0 Å². The third kappa shape index (κ3) is 5.03. The molecular weight excluding hydrogens is 264 g/mol. The molecule has 0 aromatic rings. The molecule has 1 saturated heterocycles. The van der Waals surface area contributed by atoms with E-state index in [4.69, 9.17) is 10.5 Å². The highest BCUT2D eigenvalue weighted by Gasteiger charge is 2.35. The Labute approximate surface area is 119 Å². The fourth-order valence-corrected chi connectivity index (χ4v) is 2.52. The van der Waals surface area contributed by atoms with Crippen molar-refractivity contribution in [3.63, 3.8) is 0 Å². The van der Waals surface area contributed by atoms with E-state index in [1.165, 1.54) is 0 Å². The number of esters is 1. The van der Waals surface area contributed by atoms with Crippen molar-refractivity contribution < 1.29 is 14.3 Å². The van der Waals surface area contributed by atoms with E-state index in [1.807, 2.05) is 27.0 Å². The maximum atomic E-state index is 12.0. The van der Waals surface area contributed by atoms with Crippen molar-refractivity contribution >= 4 is 23.6 Å². The Morgan fingerprint density at radius 2 is 2.11 bits per heavy atom. The predicted molar refractivity (Wildman–Crippen MR) is 76.9 cm³/mol. The summed E-state index contributed by atoms with van der Waals surface area (Å²) in [7, 11) is 0. The molecule has 1 heterocycles. The van der Waals surface area contributed by atoms with E-state index in [1.54, 1.807) is 16.7 Å². The highest BCUT2D eigenvalue weighted by Crippen LogP contribution is 2.21. The molecule has 6 heteroatoms. The smallest absolute Gasteiger partial charge is 0.311 e. The molecule has 1 rings (SSSR count). The van der Waals surface area contributed by atoms with Crippen LogP contribution in [0.2, 0.25) is 0 Å². The first kappa shape index (κ1) is 16.3. The van der Waals surface area contributed by atoms with Crippen LogP contribution in [0.3, 0.4) is 0 Å². The number of amides is 1. The SMILES string of the molecule is CSCC(N)C(=O)N1CCC(C(=O)OC(C)(C)C)C1. The molecule has 1 aliphatic heterocycles. The molecule has 1 amide bonds. The summed E-state index contributed by atoms with van der Waals surface area (Å²) in [5, 5.41) is 0. The summed E-state index contributed by atoms with van der Waals surface area (Å²) in [6.45, 7) is 6.55. The summed E-state index contributed by atoms with van der Waals surface area (Å²) >= 11 is 1.55. The Bertz CT molecular complexity index is 341. The van der Waals surface area contributed by atoms with E-state index in [2.05, 4.69) is 0 Å². The molecule has 2 N–H and O–H groups in total. The molecule has 1 aliphatic rings. The van der Waals surface area contributed by atoms with Crippen LogP contribution in [0.25, 0.3) is 0 Å². The van der Waals surface area contributed by atoms with E-state index in [0.717, 1.165) is 0 Å². The normalized spacial score (nSPS) is 21.3. The molecule has 5 nitrogen and oxygen atoms in total. The molecule has 0 aromatic heterocycles. The number of carbonyl (C=O) groups excluding carboxylic acids is 2. The number of nitrogens with zero attached hydrogens (tertiary/aromatic N) is 1. The number of likely N-dealkylation sites (tertiary alicyclic amines) is 1. The van der Waals surface area contributed by atoms with Crippen LogP contribution < -0.4 is 5.73 Å². The molecule has 110 valence electrons. The van der Waals surface area contributed by atoms with Crippen LogP contribution in [-0.2, 0) is 14.3 Å². The Morgan fingerprint density at radius 3 is 2.63 bits per heavy atom. The fourth-order valence-electron chi connectivity index (χ4n) is 2.02. The van der Waals surface area contributed by atoms with Crippen molar-refractivity contribution in [1.29, 1.82) is 0 Å². The number of thioether (sulfide) groups is 1. The van der Waals surface area contributed by atoms with Gasteiger partial charge in [0.25, 0.3) is 0 Å². The van der Waals surface area contributed by atoms with Gasteiger partial charge in [-0.2, -0.15) is 11.8 Å². The minimum atomic E-state index is -0.482. The van der Waals surface area contributed by atoms with Gasteiger partial charge in [-0.05, 0) is 33.4 Å². The van der Waals surface area contributed by atoms with Crippen molar-refractivity contribution in [3.8, 4) is 0 Å². The van der Waals surface area contributed by atoms with Crippen LogP contribution >= 0.6 is 11.8 Å². The van der Waals surface area contributed by atoms with E-state index in [9.17, 15) is 9.59 Å². The highest BCUT2D eigenvalue weighted by molar-refractivity contribution is 7.98. The second-order valence-electron chi connectivity index (χ2n) is 5.87.